The smallest absolute Gasteiger partial charge is 0.325 e. The Balaban J connectivity index is 3.40. The van der Waals surface area contributed by atoms with Gasteiger partial charge < -0.3 is 10.1 Å². The van der Waals surface area contributed by atoms with E-state index in [1.165, 1.54) is 26.2 Å². The minimum atomic E-state index is -0.362. The largest absolute Gasteiger partial charge is 0.464 e. The van der Waals surface area contributed by atoms with Gasteiger partial charge in [0.25, 0.3) is 0 Å². The number of carbonyl (C=O) groups excluding carboxylic acids is 2. The van der Waals surface area contributed by atoms with Gasteiger partial charge in [0.1, 0.15) is 6.54 Å². The molecule has 0 aliphatic carbocycles. The molecule has 1 N–H and O–H groups in total. The lowest BCUT2D eigenvalue weighted by atomic mass is 9.84. The van der Waals surface area contributed by atoms with Gasteiger partial charge in [0.15, 0.2) is 0 Å². The quantitative estimate of drug-likeness (QED) is 0.510. The van der Waals surface area contributed by atoms with Crippen LogP contribution in [0.15, 0.2) is 0 Å². The highest BCUT2D eigenvalue weighted by molar-refractivity contribution is 5.80. The Labute approximate surface area is 110 Å². The minimum Gasteiger partial charge on any atom is -0.464 e. The van der Waals surface area contributed by atoms with Crippen LogP contribution < -0.4 is 5.32 Å². The Morgan fingerprint density at radius 1 is 1.17 bits per heavy atom. The van der Waals surface area contributed by atoms with Crippen LogP contribution in [-0.2, 0) is 14.3 Å². The van der Waals surface area contributed by atoms with Crippen molar-refractivity contribution in [3.63, 3.8) is 0 Å². The van der Waals surface area contributed by atoms with E-state index in [1.807, 2.05) is 0 Å². The first-order valence-corrected chi connectivity index (χ1v) is 6.77. The fourth-order valence-electron chi connectivity index (χ4n) is 1.49. The first-order chi connectivity index (χ1) is 8.37. The summed E-state index contributed by atoms with van der Waals surface area (Å²) in [4.78, 5) is 21.7. The number of hydrogen-bond acceptors (Lipinski definition) is 3. The Kier molecular flexibility index (Phi) is 8.42. The number of ether oxygens (including phenoxy) is 1. The van der Waals surface area contributed by atoms with E-state index in [4.69, 9.17) is 4.74 Å². The van der Waals surface area contributed by atoms with Crippen molar-refractivity contribution in [3.05, 3.63) is 0 Å². The lowest BCUT2D eigenvalue weighted by molar-refractivity contribution is -0.143. The highest BCUT2D eigenvalue weighted by atomic mass is 16.5. The molecule has 0 saturated heterocycles. The third-order valence-corrected chi connectivity index (χ3v) is 3.20. The van der Waals surface area contributed by atoms with E-state index in [0.717, 1.165) is 12.8 Å². The summed E-state index contributed by atoms with van der Waals surface area (Å²) in [5.74, 6) is -0.576. The highest BCUT2D eigenvalue weighted by Gasteiger charge is 2.13. The van der Waals surface area contributed by atoms with Crippen molar-refractivity contribution in [1.82, 2.24) is 5.32 Å². The molecule has 0 aromatic rings. The number of nitrogens with one attached hydrogen (secondary N) is 1. The molecule has 106 valence electrons. The van der Waals surface area contributed by atoms with E-state index in [1.54, 1.807) is 0 Å². The molecular formula is C14H27NO3. The van der Waals surface area contributed by atoms with Gasteiger partial charge >= 0.3 is 5.97 Å². The summed E-state index contributed by atoms with van der Waals surface area (Å²) < 4.78 is 5.00. The zero-order valence-corrected chi connectivity index (χ0v) is 12.2. The first kappa shape index (κ1) is 16.9. The normalized spacial score (nSPS) is 11.1. The van der Waals surface area contributed by atoms with Crippen molar-refractivity contribution in [1.29, 1.82) is 0 Å². The van der Waals surface area contributed by atoms with E-state index >= 15 is 0 Å². The molecule has 1 amide bonds. The van der Waals surface area contributed by atoms with E-state index in [-0.39, 0.29) is 18.4 Å². The van der Waals surface area contributed by atoms with Crippen molar-refractivity contribution >= 4 is 11.9 Å². The molecule has 4 heteroatoms. The van der Waals surface area contributed by atoms with Crippen LogP contribution in [0, 0.1) is 5.41 Å². The molecule has 0 saturated carbocycles. The van der Waals surface area contributed by atoms with Gasteiger partial charge in [-0.1, -0.05) is 40.0 Å². The Hall–Kier alpha value is -1.06. The summed E-state index contributed by atoms with van der Waals surface area (Å²) in [6.07, 6.45) is 5.55. The summed E-state index contributed by atoms with van der Waals surface area (Å²) in [7, 11) is 0. The van der Waals surface area contributed by atoms with Gasteiger partial charge in [0, 0.05) is 6.92 Å². The van der Waals surface area contributed by atoms with Crippen LogP contribution in [-0.4, -0.2) is 25.0 Å². The zero-order valence-electron chi connectivity index (χ0n) is 12.2. The number of amides is 1. The maximum Gasteiger partial charge on any atom is 0.325 e. The molecule has 0 heterocycles. The summed E-state index contributed by atoms with van der Waals surface area (Å²) in [5, 5.41) is 2.41. The number of unbranched alkanes of at least 4 members (excludes halogenated alkanes) is 2. The average Bonchev–Trinajstić information content (AvgIpc) is 2.31. The lowest BCUT2D eigenvalue weighted by Crippen LogP contribution is -2.28. The van der Waals surface area contributed by atoms with Crippen molar-refractivity contribution in [2.75, 3.05) is 13.2 Å². The second-order valence-electron chi connectivity index (χ2n) is 5.46. The average molecular weight is 257 g/mol. The van der Waals surface area contributed by atoms with E-state index < -0.39 is 0 Å². The van der Waals surface area contributed by atoms with Gasteiger partial charge in [-0.25, -0.2) is 0 Å². The first-order valence-electron chi connectivity index (χ1n) is 6.77. The van der Waals surface area contributed by atoms with Crippen LogP contribution in [0.2, 0.25) is 0 Å². The molecule has 0 unspecified atom stereocenters. The Bertz CT molecular complexity index is 262. The van der Waals surface area contributed by atoms with E-state index in [0.29, 0.717) is 12.0 Å². The molecule has 0 aliphatic rings. The van der Waals surface area contributed by atoms with Crippen LogP contribution in [0.25, 0.3) is 0 Å². The molecule has 0 aliphatic heterocycles. The molecule has 0 bridgehead atoms. The number of rotatable bonds is 9. The number of carbonyl (C=O) groups is 2. The second-order valence-corrected chi connectivity index (χ2v) is 5.46. The summed E-state index contributed by atoms with van der Waals surface area (Å²) in [6, 6.07) is 0. The fourth-order valence-corrected chi connectivity index (χ4v) is 1.49. The molecule has 0 fully saturated rings. The maximum atomic E-state index is 11.1. The molecular weight excluding hydrogens is 230 g/mol. The molecule has 0 rings (SSSR count). The van der Waals surface area contributed by atoms with Crippen LogP contribution in [0.4, 0.5) is 0 Å². The van der Waals surface area contributed by atoms with Crippen LogP contribution >= 0.6 is 0 Å². The Morgan fingerprint density at radius 3 is 2.39 bits per heavy atom. The Morgan fingerprint density at radius 2 is 1.83 bits per heavy atom. The molecule has 0 aromatic heterocycles. The molecule has 0 spiro atoms. The van der Waals surface area contributed by atoms with Gasteiger partial charge in [-0.2, -0.15) is 0 Å². The van der Waals surface area contributed by atoms with Crippen LogP contribution in [0.1, 0.15) is 59.8 Å². The third kappa shape index (κ3) is 10.1. The second kappa shape index (κ2) is 8.95. The van der Waals surface area contributed by atoms with Gasteiger partial charge in [-0.3, -0.25) is 9.59 Å². The van der Waals surface area contributed by atoms with Crippen molar-refractivity contribution < 1.29 is 14.3 Å². The third-order valence-electron chi connectivity index (χ3n) is 3.20. The summed E-state index contributed by atoms with van der Waals surface area (Å²) in [6.45, 7) is 8.57. The van der Waals surface area contributed by atoms with Crippen molar-refractivity contribution in [3.8, 4) is 0 Å². The maximum absolute atomic E-state index is 11.1. The lowest BCUT2D eigenvalue weighted by Gasteiger charge is -2.22. The van der Waals surface area contributed by atoms with Crippen molar-refractivity contribution in [2.24, 2.45) is 5.41 Å². The predicted molar refractivity (Wildman–Crippen MR) is 72.2 cm³/mol. The molecule has 0 atom stereocenters. The monoisotopic (exact) mass is 257 g/mol. The summed E-state index contributed by atoms with van der Waals surface area (Å²) in [5.41, 5.74) is 0.419. The zero-order chi connectivity index (χ0) is 14.0. The number of hydrogen-bond donors (Lipinski definition) is 1. The highest BCUT2D eigenvalue weighted by Crippen LogP contribution is 2.26. The van der Waals surface area contributed by atoms with Crippen molar-refractivity contribution in [2.45, 2.75) is 59.8 Å². The van der Waals surface area contributed by atoms with Gasteiger partial charge in [-0.15, -0.1) is 0 Å². The van der Waals surface area contributed by atoms with Gasteiger partial charge in [-0.05, 0) is 18.3 Å². The minimum absolute atomic E-state index is 0.0296. The molecule has 0 aromatic carbocycles. The summed E-state index contributed by atoms with van der Waals surface area (Å²) >= 11 is 0. The molecule has 4 nitrogen and oxygen atoms in total. The van der Waals surface area contributed by atoms with E-state index in [9.17, 15) is 9.59 Å². The SMILES string of the molecule is CCC(C)(C)CCCCCOC(=O)CNC(C)=O. The molecule has 0 radical (unpaired) electrons. The fraction of sp³-hybridized carbons (Fsp3) is 0.857. The number of esters is 1. The molecule has 18 heavy (non-hydrogen) atoms. The van der Waals surface area contributed by atoms with Crippen LogP contribution in [0.5, 0.6) is 0 Å². The standard InChI is InChI=1S/C14H27NO3/c1-5-14(3,4)9-7-6-8-10-18-13(17)11-15-12(2)16/h5-11H2,1-4H3,(H,15,16). The van der Waals surface area contributed by atoms with Gasteiger partial charge in [0.05, 0.1) is 6.61 Å². The predicted octanol–water partition coefficient (Wildman–Crippen LogP) is 2.66. The van der Waals surface area contributed by atoms with E-state index in [2.05, 4.69) is 26.1 Å². The van der Waals surface area contributed by atoms with Gasteiger partial charge in [0.2, 0.25) is 5.91 Å². The van der Waals surface area contributed by atoms with Crippen LogP contribution in [0.3, 0.4) is 0 Å². The topological polar surface area (TPSA) is 55.4 Å².